The molecule has 1 aliphatic rings. The van der Waals surface area contributed by atoms with Gasteiger partial charge in [0, 0.05) is 24.6 Å². The van der Waals surface area contributed by atoms with Crippen LogP contribution < -0.4 is 5.32 Å². The Bertz CT molecular complexity index is 627. The van der Waals surface area contributed by atoms with Gasteiger partial charge in [0.2, 0.25) is 5.91 Å². The lowest BCUT2D eigenvalue weighted by molar-refractivity contribution is -0.384. The molecule has 1 saturated heterocycles. The first-order valence-corrected chi connectivity index (χ1v) is 7.31. The highest BCUT2D eigenvalue weighted by Crippen LogP contribution is 2.21. The first-order valence-electron chi connectivity index (χ1n) is 7.31. The van der Waals surface area contributed by atoms with Crippen LogP contribution in [0.5, 0.6) is 0 Å². The number of β-lactam (4-membered cyclic amide) rings is 1. The zero-order valence-corrected chi connectivity index (χ0v) is 12.7. The summed E-state index contributed by atoms with van der Waals surface area (Å²) in [6, 6.07) is 5.33. The number of hydrogen-bond acceptors (Lipinski definition) is 7. The van der Waals surface area contributed by atoms with Crippen LogP contribution in [0.2, 0.25) is 0 Å². The number of amides is 1. The lowest BCUT2D eigenvalue weighted by atomic mass is 9.86. The molecule has 0 aromatic heterocycles. The standard InChI is InChI=1S/C15H16N2O7/c18-7-5-13-12(15(20)16-13)6-8-23-24-14(19)9-10-1-3-11(4-2-10)17(21)22/h1-4,7,12-13H,5-6,8-9H2,(H,16,20)/t12-,13-/m0/s1. The highest BCUT2D eigenvalue weighted by atomic mass is 17.2. The van der Waals surface area contributed by atoms with E-state index in [-0.39, 0.29) is 43.0 Å². The topological polar surface area (TPSA) is 125 Å². The summed E-state index contributed by atoms with van der Waals surface area (Å²) in [5.41, 5.74) is 0.491. The second kappa shape index (κ2) is 8.16. The van der Waals surface area contributed by atoms with Crippen molar-refractivity contribution in [3.05, 3.63) is 39.9 Å². The monoisotopic (exact) mass is 336 g/mol. The minimum atomic E-state index is -0.647. The summed E-state index contributed by atoms with van der Waals surface area (Å²) >= 11 is 0. The summed E-state index contributed by atoms with van der Waals surface area (Å²) in [4.78, 5) is 52.7. The third kappa shape index (κ3) is 4.59. The van der Waals surface area contributed by atoms with Crippen molar-refractivity contribution in [3.63, 3.8) is 0 Å². The smallest absolute Gasteiger partial charge is 0.346 e. The minimum Gasteiger partial charge on any atom is -0.352 e. The van der Waals surface area contributed by atoms with E-state index in [9.17, 15) is 24.5 Å². The molecule has 2 rings (SSSR count). The molecule has 0 aliphatic carbocycles. The van der Waals surface area contributed by atoms with Gasteiger partial charge in [-0.25, -0.2) is 4.79 Å². The van der Waals surface area contributed by atoms with Crippen molar-refractivity contribution in [1.82, 2.24) is 5.32 Å². The molecule has 1 aromatic carbocycles. The lowest BCUT2D eigenvalue weighted by Crippen LogP contribution is -2.58. The minimum absolute atomic E-state index is 0.0411. The summed E-state index contributed by atoms with van der Waals surface area (Å²) in [7, 11) is 0. The van der Waals surface area contributed by atoms with Gasteiger partial charge in [-0.15, -0.1) is 0 Å². The number of aldehydes is 1. The molecule has 24 heavy (non-hydrogen) atoms. The van der Waals surface area contributed by atoms with Crippen molar-refractivity contribution in [3.8, 4) is 0 Å². The average Bonchev–Trinajstić information content (AvgIpc) is 2.54. The van der Waals surface area contributed by atoms with Gasteiger partial charge >= 0.3 is 5.97 Å². The molecule has 1 fully saturated rings. The normalized spacial score (nSPS) is 19.1. The molecule has 128 valence electrons. The van der Waals surface area contributed by atoms with Crippen molar-refractivity contribution in [2.75, 3.05) is 6.61 Å². The number of rotatable bonds is 9. The van der Waals surface area contributed by atoms with Crippen LogP contribution in [0.1, 0.15) is 18.4 Å². The first-order chi connectivity index (χ1) is 11.5. The SMILES string of the molecule is O=CC[C@@H]1NC(=O)[C@H]1CCOOC(=O)Cc1ccc([N+](=O)[O-])cc1. The maximum Gasteiger partial charge on any atom is 0.346 e. The quantitative estimate of drug-likeness (QED) is 0.176. The van der Waals surface area contributed by atoms with Crippen LogP contribution in [0.15, 0.2) is 24.3 Å². The van der Waals surface area contributed by atoms with Crippen LogP contribution in [0.3, 0.4) is 0 Å². The van der Waals surface area contributed by atoms with E-state index in [1.807, 2.05) is 0 Å². The number of nitrogens with one attached hydrogen (secondary N) is 1. The molecule has 1 amide bonds. The Morgan fingerprint density at radius 1 is 1.33 bits per heavy atom. The Hall–Kier alpha value is -2.81. The predicted molar refractivity (Wildman–Crippen MR) is 79.6 cm³/mol. The van der Waals surface area contributed by atoms with E-state index in [2.05, 4.69) is 10.2 Å². The van der Waals surface area contributed by atoms with E-state index in [1.54, 1.807) is 0 Å². The van der Waals surface area contributed by atoms with Gasteiger partial charge in [-0.05, 0) is 12.0 Å². The van der Waals surface area contributed by atoms with E-state index >= 15 is 0 Å². The summed E-state index contributed by atoms with van der Waals surface area (Å²) < 4.78 is 0. The predicted octanol–water partition coefficient (Wildman–Crippen LogP) is 0.706. The third-order valence-electron chi connectivity index (χ3n) is 3.66. The average molecular weight is 336 g/mol. The number of carbonyl (C=O) groups excluding carboxylic acids is 3. The molecule has 9 heteroatoms. The summed E-state index contributed by atoms with van der Waals surface area (Å²) in [5.74, 6) is -1.11. The van der Waals surface area contributed by atoms with Crippen molar-refractivity contribution >= 4 is 23.9 Å². The highest BCUT2D eigenvalue weighted by molar-refractivity contribution is 5.86. The molecule has 2 atom stereocenters. The van der Waals surface area contributed by atoms with E-state index in [0.29, 0.717) is 12.0 Å². The maximum atomic E-state index is 11.6. The molecule has 1 aromatic rings. The van der Waals surface area contributed by atoms with Crippen LogP contribution in [-0.4, -0.2) is 35.7 Å². The molecule has 1 aliphatic heterocycles. The number of nitro groups is 1. The molecule has 0 bridgehead atoms. The molecular weight excluding hydrogens is 320 g/mol. The van der Waals surface area contributed by atoms with Gasteiger partial charge in [-0.1, -0.05) is 12.1 Å². The lowest BCUT2D eigenvalue weighted by Gasteiger charge is -2.35. The molecule has 0 spiro atoms. The van der Waals surface area contributed by atoms with E-state index < -0.39 is 10.9 Å². The van der Waals surface area contributed by atoms with Crippen molar-refractivity contribution in [2.24, 2.45) is 5.92 Å². The largest absolute Gasteiger partial charge is 0.352 e. The fourth-order valence-electron chi connectivity index (χ4n) is 2.35. The van der Waals surface area contributed by atoms with Gasteiger partial charge in [-0.2, -0.15) is 4.89 Å². The molecule has 0 unspecified atom stereocenters. The number of carbonyl (C=O) groups is 3. The fraction of sp³-hybridized carbons (Fsp3) is 0.400. The van der Waals surface area contributed by atoms with Gasteiger partial charge < -0.3 is 10.1 Å². The molecule has 1 N–H and O–H groups in total. The number of benzene rings is 1. The van der Waals surface area contributed by atoms with Crippen LogP contribution in [0.4, 0.5) is 5.69 Å². The Labute approximate surface area is 137 Å². The second-order valence-corrected chi connectivity index (χ2v) is 5.29. The zero-order chi connectivity index (χ0) is 17.5. The van der Waals surface area contributed by atoms with E-state index in [4.69, 9.17) is 4.89 Å². The van der Waals surface area contributed by atoms with E-state index in [1.165, 1.54) is 24.3 Å². The molecule has 0 saturated carbocycles. The molecule has 9 nitrogen and oxygen atoms in total. The highest BCUT2D eigenvalue weighted by Gasteiger charge is 2.38. The molecular formula is C15H16N2O7. The first kappa shape index (κ1) is 17.5. The Balaban J connectivity index is 1.67. The van der Waals surface area contributed by atoms with Crippen molar-refractivity contribution in [2.45, 2.75) is 25.3 Å². The van der Waals surface area contributed by atoms with Gasteiger partial charge in [0.25, 0.3) is 5.69 Å². The van der Waals surface area contributed by atoms with Crippen molar-refractivity contribution < 1.29 is 29.1 Å². The van der Waals surface area contributed by atoms with Gasteiger partial charge in [0.1, 0.15) is 6.29 Å². The van der Waals surface area contributed by atoms with Crippen LogP contribution >= 0.6 is 0 Å². The van der Waals surface area contributed by atoms with Crippen LogP contribution in [0.25, 0.3) is 0 Å². The summed E-state index contributed by atoms with van der Waals surface area (Å²) in [6.07, 6.45) is 1.24. The Morgan fingerprint density at radius 2 is 2.04 bits per heavy atom. The maximum absolute atomic E-state index is 11.6. The third-order valence-corrected chi connectivity index (χ3v) is 3.66. The van der Waals surface area contributed by atoms with Gasteiger partial charge in [0.15, 0.2) is 0 Å². The number of nitro benzene ring substituents is 1. The summed E-state index contributed by atoms with van der Waals surface area (Å²) in [6.45, 7) is 0.0411. The second-order valence-electron chi connectivity index (χ2n) is 5.29. The molecule has 0 radical (unpaired) electrons. The van der Waals surface area contributed by atoms with Gasteiger partial charge in [0.05, 0.1) is 23.9 Å². The number of nitrogens with zero attached hydrogens (tertiary/aromatic N) is 1. The Kier molecular flexibility index (Phi) is 5.96. The van der Waals surface area contributed by atoms with E-state index in [0.717, 1.165) is 6.29 Å². The molecule has 1 heterocycles. The Morgan fingerprint density at radius 3 is 2.62 bits per heavy atom. The zero-order valence-electron chi connectivity index (χ0n) is 12.7. The fourth-order valence-corrected chi connectivity index (χ4v) is 2.35. The number of non-ortho nitro benzene ring substituents is 1. The number of hydrogen-bond donors (Lipinski definition) is 1. The van der Waals surface area contributed by atoms with Gasteiger partial charge in [-0.3, -0.25) is 19.8 Å². The van der Waals surface area contributed by atoms with Crippen molar-refractivity contribution in [1.29, 1.82) is 0 Å². The van der Waals surface area contributed by atoms with Crippen LogP contribution in [0, 0.1) is 16.0 Å². The summed E-state index contributed by atoms with van der Waals surface area (Å²) in [5, 5.41) is 13.1. The van der Waals surface area contributed by atoms with Crippen LogP contribution in [-0.2, 0) is 30.6 Å².